The third kappa shape index (κ3) is 17.0. The van der Waals surface area contributed by atoms with Crippen LogP contribution >= 0.6 is 0 Å². The van der Waals surface area contributed by atoms with E-state index in [0.29, 0.717) is 29.6 Å². The largest absolute Gasteiger partial charge is 0.498 e. The number of carbonyl (C=O) groups is 1. The van der Waals surface area contributed by atoms with Crippen LogP contribution < -0.4 is 5.63 Å². The molecule has 3 fully saturated rings. The summed E-state index contributed by atoms with van der Waals surface area (Å²) in [6.45, 7) is 50.5. The Morgan fingerprint density at radius 3 is 1.57 bits per heavy atom. The van der Waals surface area contributed by atoms with Crippen LogP contribution in [-0.4, -0.2) is 96.2 Å². The van der Waals surface area contributed by atoms with Crippen LogP contribution in [0.5, 0.6) is 0 Å². The molecule has 2 unspecified atom stereocenters. The Labute approximate surface area is 442 Å². The van der Waals surface area contributed by atoms with Crippen LogP contribution in [0.4, 0.5) is 0 Å². The Kier molecular flexibility index (Phi) is 25.6. The van der Waals surface area contributed by atoms with E-state index in [1.54, 1.807) is 0 Å². The minimum atomic E-state index is -1.86. The third-order valence-electron chi connectivity index (χ3n) is 17.1. The summed E-state index contributed by atoms with van der Waals surface area (Å²) < 4.78 is 48.5. The number of fused-ring (bicyclic) bond motifs is 4. The van der Waals surface area contributed by atoms with Gasteiger partial charge in [-0.3, -0.25) is 0 Å². The molecule has 0 radical (unpaired) electrons. The van der Waals surface area contributed by atoms with Crippen molar-refractivity contribution in [2.75, 3.05) is 20.3 Å². The van der Waals surface area contributed by atoms with Gasteiger partial charge in [0.1, 0.15) is 11.7 Å². The molecule has 16 heteroatoms. The summed E-state index contributed by atoms with van der Waals surface area (Å²) in [7, 11) is -6.01. The van der Waals surface area contributed by atoms with Crippen molar-refractivity contribution < 1.29 is 50.7 Å². The van der Waals surface area contributed by atoms with Crippen LogP contribution in [0.3, 0.4) is 0 Å². The Bertz CT molecular complexity index is 2040. The Morgan fingerprint density at radius 1 is 0.681 bits per heavy atom. The first kappa shape index (κ1) is 69.5. The molecule has 416 valence electrons. The second-order valence-corrected chi connectivity index (χ2v) is 44.9. The lowest BCUT2D eigenvalue weighted by Crippen LogP contribution is -2.48. The molecule has 1 aromatic heterocycles. The number of rotatable bonds is 11. The zero-order valence-electron chi connectivity index (χ0n) is 46.6. The van der Waals surface area contributed by atoms with Gasteiger partial charge in [0, 0.05) is 49.2 Å². The van der Waals surface area contributed by atoms with Crippen molar-refractivity contribution in [3.05, 3.63) is 70.5 Å². The first-order chi connectivity index (χ1) is 31.4. The summed E-state index contributed by atoms with van der Waals surface area (Å²) in [5, 5.41) is 0.900. The van der Waals surface area contributed by atoms with Crippen LogP contribution in [-0.2, 0) is 41.5 Å². The SMILES string of the molecule is C.C.C.CC(C)(C)[Si](C)(C)OC[C@@H]1[C@H]2C=CO[C@H]2C[C@H]1O[Si](C)(C)C(C)(C)C.CC1=CC=CC2C1O[C@H]1C[C@@H](O[Si](C)(C)C(C)(C)C)[C@H](CO[Si](C)(C)C(C)(C)C)[C@@H]21.COC(=O)c1cccoc1=O.O=C=O. The molecule has 3 aliphatic carbocycles. The number of carbonyl (C=O) groups excluding carboxylic acids is 3. The predicted molar refractivity (Wildman–Crippen MR) is 304 cm³/mol. The molecule has 3 heterocycles. The average molecular weight is 1080 g/mol. The number of allylic oxidation sites excluding steroid dienone is 2. The van der Waals surface area contributed by atoms with E-state index in [1.807, 2.05) is 6.26 Å². The minimum Gasteiger partial charge on any atom is -0.498 e. The van der Waals surface area contributed by atoms with Crippen LogP contribution in [0.2, 0.25) is 72.5 Å². The molecule has 72 heavy (non-hydrogen) atoms. The van der Waals surface area contributed by atoms with Crippen molar-refractivity contribution in [1.82, 2.24) is 0 Å². The van der Waals surface area contributed by atoms with Crippen molar-refractivity contribution in [3.8, 4) is 0 Å². The second kappa shape index (κ2) is 26.5. The van der Waals surface area contributed by atoms with Gasteiger partial charge in [-0.2, -0.15) is 9.59 Å². The van der Waals surface area contributed by atoms with Crippen molar-refractivity contribution in [1.29, 1.82) is 0 Å². The van der Waals surface area contributed by atoms with Crippen LogP contribution in [0.15, 0.2) is 63.7 Å². The zero-order valence-corrected chi connectivity index (χ0v) is 50.6. The zero-order chi connectivity index (χ0) is 52.9. The van der Waals surface area contributed by atoms with E-state index in [4.69, 9.17) is 36.8 Å². The van der Waals surface area contributed by atoms with E-state index < -0.39 is 44.9 Å². The van der Waals surface area contributed by atoms with Gasteiger partial charge in [-0.1, -0.05) is 124 Å². The average Bonchev–Trinajstić information content (AvgIpc) is 3.96. The molecule has 1 aromatic rings. The second-order valence-electron chi connectivity index (χ2n) is 25.8. The summed E-state index contributed by atoms with van der Waals surface area (Å²) >= 11 is 0. The van der Waals surface area contributed by atoms with Gasteiger partial charge in [0.05, 0.1) is 44.1 Å². The number of hydrogen-bond acceptors (Lipinski definition) is 12. The Balaban J connectivity index is 0.00000108. The van der Waals surface area contributed by atoms with Gasteiger partial charge in [0.2, 0.25) is 0 Å². The molecular formula is C56H104O12Si4. The van der Waals surface area contributed by atoms with Gasteiger partial charge in [0.25, 0.3) is 0 Å². The first-order valence-corrected chi connectivity index (χ1v) is 36.6. The van der Waals surface area contributed by atoms with E-state index in [9.17, 15) is 9.59 Å². The molecular weight excluding hydrogens is 977 g/mol. The highest BCUT2D eigenvalue weighted by atomic mass is 28.4. The Morgan fingerprint density at radius 2 is 1.12 bits per heavy atom. The van der Waals surface area contributed by atoms with Crippen molar-refractivity contribution in [2.24, 2.45) is 29.6 Å². The fourth-order valence-corrected chi connectivity index (χ4v) is 13.4. The molecule has 1 saturated heterocycles. The highest BCUT2D eigenvalue weighted by molar-refractivity contribution is 6.75. The topological polar surface area (TPSA) is 146 Å². The molecule has 6 rings (SSSR count). The molecule has 0 bridgehead atoms. The Hall–Kier alpha value is -2.51. The monoisotopic (exact) mass is 1080 g/mol. The molecule has 0 N–H and O–H groups in total. The summed E-state index contributed by atoms with van der Waals surface area (Å²) in [6, 6.07) is 2.80. The highest BCUT2D eigenvalue weighted by Gasteiger charge is 2.58. The standard InChI is InChI=1S/C25H46O3Si2.C20H40O3Si2.C7H6O4.CO2.3CH4/c1-17-13-12-14-18-22-19(16-26-29(8,9)24(2,3)4)20(15-21(22)27-23(17)18)28-30(10,11)25(5,6)7;1-19(2,3)24(7,8)22-14-16-15-11-12-21-17(15)13-18(16)23-25(9,10)20(4,5)6;1-10-6(8)5-3-2-4-11-7(5)9;2-1-3;;;/h12-14,18-23H,15-16H2,1-11H3;11-12,15-18H,13-14H2,1-10H3;2-4H,1H3;;3*1H4/t18?,19-,20+,21-,22+,23?;15-,16-,17+,18-;;;;;/m01...../s1. The minimum absolute atomic E-state index is 0. The molecule has 0 aromatic carbocycles. The molecule has 0 amide bonds. The fourth-order valence-electron chi connectivity index (χ4n) is 8.54. The van der Waals surface area contributed by atoms with Gasteiger partial charge >= 0.3 is 17.7 Å². The quantitative estimate of drug-likeness (QED) is 0.154. The van der Waals surface area contributed by atoms with E-state index in [1.165, 1.54) is 31.1 Å². The van der Waals surface area contributed by atoms with E-state index in [-0.39, 0.29) is 84.7 Å². The lowest BCUT2D eigenvalue weighted by atomic mass is 9.78. The maximum Gasteiger partial charge on any atom is 0.373 e. The molecule has 10 atom stereocenters. The summed E-state index contributed by atoms with van der Waals surface area (Å²) in [4.78, 5) is 37.8. The van der Waals surface area contributed by atoms with Crippen molar-refractivity contribution >= 4 is 45.4 Å². The molecule has 5 aliphatic rings. The van der Waals surface area contributed by atoms with Gasteiger partial charge in [0.15, 0.2) is 33.3 Å². The first-order valence-electron chi connectivity index (χ1n) is 25.0. The normalized spacial score (nSPS) is 26.6. The van der Waals surface area contributed by atoms with Gasteiger partial charge < -0.3 is 36.3 Å². The van der Waals surface area contributed by atoms with E-state index in [2.05, 4.69) is 176 Å². The van der Waals surface area contributed by atoms with Crippen molar-refractivity contribution in [2.45, 2.75) is 228 Å². The fraction of sp³-hybridized carbons (Fsp3) is 0.768. The molecule has 0 spiro atoms. The smallest absolute Gasteiger partial charge is 0.373 e. The van der Waals surface area contributed by atoms with Crippen LogP contribution in [0.25, 0.3) is 0 Å². The number of esters is 1. The molecule has 2 saturated carbocycles. The molecule has 2 aliphatic heterocycles. The number of ether oxygens (including phenoxy) is 3. The van der Waals surface area contributed by atoms with Crippen molar-refractivity contribution in [3.63, 3.8) is 0 Å². The maximum absolute atomic E-state index is 10.8. The molecule has 12 nitrogen and oxygen atoms in total. The van der Waals surface area contributed by atoms with Crippen LogP contribution in [0.1, 0.15) is 135 Å². The lowest BCUT2D eigenvalue weighted by molar-refractivity contribution is -0.191. The maximum atomic E-state index is 10.8. The van der Waals surface area contributed by atoms with E-state index >= 15 is 0 Å². The van der Waals surface area contributed by atoms with E-state index in [0.717, 1.165) is 26.1 Å². The summed E-state index contributed by atoms with van der Waals surface area (Å²) in [5.74, 6) is 1.53. The highest BCUT2D eigenvalue weighted by Crippen LogP contribution is 2.53. The van der Waals surface area contributed by atoms with Gasteiger partial charge in [-0.25, -0.2) is 9.59 Å². The number of methoxy groups -OCH3 is 1. The van der Waals surface area contributed by atoms with Gasteiger partial charge in [-0.15, -0.1) is 0 Å². The van der Waals surface area contributed by atoms with Gasteiger partial charge in [-0.05, 0) is 110 Å². The third-order valence-corrected chi connectivity index (χ3v) is 35.1. The predicted octanol–water partition coefficient (Wildman–Crippen LogP) is 14.6. The lowest BCUT2D eigenvalue weighted by Gasteiger charge is -2.42. The van der Waals surface area contributed by atoms with Crippen LogP contribution in [0, 0.1) is 29.6 Å². The number of hydrogen-bond donors (Lipinski definition) is 0. The summed E-state index contributed by atoms with van der Waals surface area (Å²) in [6.07, 6.45) is 15.7. The summed E-state index contributed by atoms with van der Waals surface area (Å²) in [5.41, 5.74) is 0.595.